The van der Waals surface area contributed by atoms with Crippen molar-refractivity contribution < 1.29 is 29.0 Å². The van der Waals surface area contributed by atoms with E-state index in [-0.39, 0.29) is 41.8 Å². The van der Waals surface area contributed by atoms with Gasteiger partial charge in [0.2, 0.25) is 0 Å². The largest absolute Gasteiger partial charge is 0.481 e. The predicted octanol–water partition coefficient (Wildman–Crippen LogP) is 5.36. The molecule has 1 N–H and O–H groups in total. The highest BCUT2D eigenvalue weighted by Gasteiger charge is 2.36. The molecule has 0 aliphatic heterocycles. The average molecular weight is 439 g/mol. The van der Waals surface area contributed by atoms with Gasteiger partial charge in [0.1, 0.15) is 11.6 Å². The second kappa shape index (κ2) is 15.1. The van der Waals surface area contributed by atoms with E-state index in [0.29, 0.717) is 25.0 Å². The Kier molecular flexibility index (Phi) is 13.3. The number of hydrogen-bond acceptors (Lipinski definition) is 5. The Morgan fingerprint density at radius 1 is 0.839 bits per heavy atom. The van der Waals surface area contributed by atoms with E-state index in [1.54, 1.807) is 0 Å². The molecule has 2 saturated carbocycles. The minimum atomic E-state index is -0.768. The number of carboxylic acids is 1. The Morgan fingerprint density at radius 3 is 1.68 bits per heavy atom. The van der Waals surface area contributed by atoms with E-state index in [1.165, 1.54) is 20.0 Å². The minimum absolute atomic E-state index is 0.0349. The second-order valence-electron chi connectivity index (χ2n) is 9.11. The number of rotatable bonds is 12. The van der Waals surface area contributed by atoms with Crippen LogP contribution in [0.4, 0.5) is 0 Å². The summed E-state index contributed by atoms with van der Waals surface area (Å²) in [6.45, 7) is 4.29. The monoisotopic (exact) mass is 438 g/mol. The summed E-state index contributed by atoms with van der Waals surface area (Å²) in [4.78, 5) is 45.1. The summed E-state index contributed by atoms with van der Waals surface area (Å²) in [5.74, 6) is 0.180. The van der Waals surface area contributed by atoms with Gasteiger partial charge in [-0.1, -0.05) is 52.4 Å². The highest BCUT2D eigenvalue weighted by atomic mass is 16.5. The molecule has 2 aliphatic rings. The quantitative estimate of drug-likeness (QED) is 0.325. The molecule has 0 aromatic carbocycles. The third kappa shape index (κ3) is 9.96. The van der Waals surface area contributed by atoms with Crippen molar-refractivity contribution in [1.82, 2.24) is 0 Å². The first-order valence-electron chi connectivity index (χ1n) is 12.2. The van der Waals surface area contributed by atoms with E-state index >= 15 is 0 Å². The molecule has 0 aromatic heterocycles. The van der Waals surface area contributed by atoms with Gasteiger partial charge in [-0.3, -0.25) is 19.2 Å². The van der Waals surface area contributed by atoms with Crippen LogP contribution in [0, 0.1) is 23.7 Å². The highest BCUT2D eigenvalue weighted by Crippen LogP contribution is 2.36. The van der Waals surface area contributed by atoms with E-state index in [1.807, 2.05) is 0 Å². The number of ketones is 2. The zero-order valence-electron chi connectivity index (χ0n) is 19.7. The van der Waals surface area contributed by atoms with Crippen LogP contribution in [-0.2, 0) is 23.9 Å². The summed E-state index contributed by atoms with van der Waals surface area (Å²) in [5.41, 5.74) is 0. The number of unbranched alkanes of at least 4 members (excludes halogenated alkanes) is 4. The molecule has 6 heteroatoms. The maximum absolute atomic E-state index is 11.7. The Labute approximate surface area is 187 Å². The van der Waals surface area contributed by atoms with Gasteiger partial charge in [0.05, 0.1) is 7.11 Å². The Bertz CT molecular complexity index is 585. The van der Waals surface area contributed by atoms with Crippen molar-refractivity contribution in [3.05, 3.63) is 0 Å². The molecule has 2 fully saturated rings. The lowest BCUT2D eigenvalue weighted by molar-refractivity contribution is -0.142. The zero-order valence-corrected chi connectivity index (χ0v) is 19.7. The van der Waals surface area contributed by atoms with Gasteiger partial charge in [0.15, 0.2) is 0 Å². The normalized spacial score (nSPS) is 25.3. The van der Waals surface area contributed by atoms with Crippen molar-refractivity contribution in [2.24, 2.45) is 23.7 Å². The summed E-state index contributed by atoms with van der Waals surface area (Å²) in [7, 11) is 1.41. The minimum Gasteiger partial charge on any atom is -0.481 e. The van der Waals surface area contributed by atoms with Crippen LogP contribution >= 0.6 is 0 Å². The van der Waals surface area contributed by atoms with Gasteiger partial charge < -0.3 is 9.84 Å². The topological polar surface area (TPSA) is 97.7 Å². The van der Waals surface area contributed by atoms with E-state index in [2.05, 4.69) is 18.6 Å². The van der Waals surface area contributed by atoms with Gasteiger partial charge in [0.25, 0.3) is 0 Å². The number of methoxy groups -OCH3 is 1. The Balaban J connectivity index is 0.000000311. The first kappa shape index (κ1) is 27.3. The molecule has 178 valence electrons. The van der Waals surface area contributed by atoms with Crippen molar-refractivity contribution in [3.8, 4) is 0 Å². The summed E-state index contributed by atoms with van der Waals surface area (Å²) in [5, 5.41) is 8.74. The fourth-order valence-electron chi connectivity index (χ4n) is 4.99. The van der Waals surface area contributed by atoms with Crippen LogP contribution in [0.2, 0.25) is 0 Å². The lowest BCUT2D eigenvalue weighted by atomic mass is 9.88. The van der Waals surface area contributed by atoms with Crippen LogP contribution in [0.5, 0.6) is 0 Å². The molecule has 31 heavy (non-hydrogen) atoms. The van der Waals surface area contributed by atoms with Crippen LogP contribution in [0.1, 0.15) is 104 Å². The smallest absolute Gasteiger partial charge is 0.305 e. The fraction of sp³-hybridized carbons (Fsp3) is 0.840. The number of aliphatic carboxylic acids is 1. The molecule has 0 heterocycles. The van der Waals surface area contributed by atoms with Gasteiger partial charge in [-0.15, -0.1) is 0 Å². The first-order valence-corrected chi connectivity index (χ1v) is 12.2. The van der Waals surface area contributed by atoms with Gasteiger partial charge in [-0.25, -0.2) is 0 Å². The van der Waals surface area contributed by atoms with Crippen LogP contribution < -0.4 is 0 Å². The summed E-state index contributed by atoms with van der Waals surface area (Å²) >= 11 is 0. The molecule has 2 rings (SSSR count). The second-order valence-corrected chi connectivity index (χ2v) is 9.11. The Hall–Kier alpha value is -1.72. The van der Waals surface area contributed by atoms with Crippen molar-refractivity contribution in [2.45, 2.75) is 104 Å². The van der Waals surface area contributed by atoms with E-state index < -0.39 is 5.97 Å². The summed E-state index contributed by atoms with van der Waals surface area (Å²) < 4.78 is 4.67. The molecular formula is C25H42O6. The molecular weight excluding hydrogens is 396 g/mol. The average Bonchev–Trinajstić information content (AvgIpc) is 3.25. The third-order valence-corrected chi connectivity index (χ3v) is 6.82. The van der Waals surface area contributed by atoms with Gasteiger partial charge in [-0.05, 0) is 37.5 Å². The van der Waals surface area contributed by atoms with Crippen LogP contribution in [0.15, 0.2) is 0 Å². The zero-order chi connectivity index (χ0) is 23.2. The number of Topliss-reactive ketones (excluding diaryl/α,β-unsaturated/α-hetero) is 2. The summed E-state index contributed by atoms with van der Waals surface area (Å²) in [6, 6.07) is 0. The number of carboxylic acid groups (broad SMARTS) is 1. The van der Waals surface area contributed by atoms with Crippen LogP contribution in [-0.4, -0.2) is 35.7 Å². The van der Waals surface area contributed by atoms with Gasteiger partial charge in [-0.2, -0.15) is 0 Å². The molecule has 0 radical (unpaired) electrons. The Morgan fingerprint density at radius 2 is 1.29 bits per heavy atom. The van der Waals surface area contributed by atoms with Gasteiger partial charge >= 0.3 is 11.9 Å². The lowest BCUT2D eigenvalue weighted by Crippen LogP contribution is -2.18. The lowest BCUT2D eigenvalue weighted by Gasteiger charge is -2.16. The van der Waals surface area contributed by atoms with E-state index in [0.717, 1.165) is 51.4 Å². The number of carbonyl (C=O) groups is 4. The molecule has 4 atom stereocenters. The van der Waals surface area contributed by atoms with Crippen molar-refractivity contribution in [3.63, 3.8) is 0 Å². The van der Waals surface area contributed by atoms with Crippen molar-refractivity contribution in [1.29, 1.82) is 0 Å². The molecule has 0 unspecified atom stereocenters. The molecule has 0 spiro atoms. The molecule has 2 aliphatic carbocycles. The fourth-order valence-corrected chi connectivity index (χ4v) is 4.99. The first-order chi connectivity index (χ1) is 14.8. The standard InChI is InChI=1S/C13H22O3.C12H20O3/c1-3-4-5-6-11-10(7-8-12(11)14)9-13(15)16-2;1-2-3-4-5-10-9(8-12(14)15)6-7-11(10)13/h10-11H,3-9H2,1-2H3;9-10H,2-8H2,1H3,(H,14,15)/t10-,11-;9-,10-/m11/s1. The molecule has 6 nitrogen and oxygen atoms in total. The number of esters is 1. The summed E-state index contributed by atoms with van der Waals surface area (Å²) in [6.07, 6.45) is 12.1. The van der Waals surface area contributed by atoms with E-state index in [4.69, 9.17) is 5.11 Å². The maximum Gasteiger partial charge on any atom is 0.305 e. The SMILES string of the molecule is CCCCC[C@H]1C(=O)CC[C@@H]1CC(=O)O.CCCCC[C@H]1C(=O)CC[C@@H]1CC(=O)OC. The highest BCUT2D eigenvalue weighted by molar-refractivity contribution is 5.85. The molecule has 0 saturated heterocycles. The maximum atomic E-state index is 11.7. The third-order valence-electron chi connectivity index (χ3n) is 6.82. The number of ether oxygens (including phenoxy) is 1. The van der Waals surface area contributed by atoms with Crippen LogP contribution in [0.3, 0.4) is 0 Å². The predicted molar refractivity (Wildman–Crippen MR) is 120 cm³/mol. The van der Waals surface area contributed by atoms with Crippen LogP contribution in [0.25, 0.3) is 0 Å². The molecule has 0 aromatic rings. The van der Waals surface area contributed by atoms with Gasteiger partial charge in [0, 0.05) is 37.5 Å². The van der Waals surface area contributed by atoms with Crippen molar-refractivity contribution >= 4 is 23.5 Å². The van der Waals surface area contributed by atoms with E-state index in [9.17, 15) is 19.2 Å². The molecule has 0 bridgehead atoms. The number of carbonyl (C=O) groups excluding carboxylic acids is 3. The van der Waals surface area contributed by atoms with Crippen molar-refractivity contribution in [2.75, 3.05) is 7.11 Å². The number of hydrogen-bond donors (Lipinski definition) is 1. The molecule has 0 amide bonds.